The topological polar surface area (TPSA) is 95.1 Å². The average molecular weight is 444 g/mol. The molecule has 10 heteroatoms. The van der Waals surface area contributed by atoms with Crippen molar-refractivity contribution in [3.8, 4) is 0 Å². The second-order valence-electron chi connectivity index (χ2n) is 7.58. The first kappa shape index (κ1) is 22.2. The van der Waals surface area contributed by atoms with Crippen molar-refractivity contribution >= 4 is 26.0 Å². The van der Waals surface area contributed by atoms with Crippen LogP contribution in [0.5, 0.6) is 0 Å². The van der Waals surface area contributed by atoms with Crippen LogP contribution in [-0.2, 0) is 20.0 Å². The summed E-state index contributed by atoms with van der Waals surface area (Å²) in [5, 5.41) is 0. The molecular weight excluding hydrogens is 414 g/mol. The summed E-state index contributed by atoms with van der Waals surface area (Å²) in [7, 11) is -6.82. The third-order valence-corrected chi connectivity index (χ3v) is 9.64. The molecule has 29 heavy (non-hydrogen) atoms. The molecule has 1 atom stereocenters. The summed E-state index contributed by atoms with van der Waals surface area (Å²) in [5.41, 5.74) is 0.405. The Kier molecular flexibility index (Phi) is 6.67. The fourth-order valence-corrected chi connectivity index (χ4v) is 6.65. The van der Waals surface area contributed by atoms with Gasteiger partial charge in [0.25, 0.3) is 5.91 Å². The van der Waals surface area contributed by atoms with Gasteiger partial charge in [-0.15, -0.1) is 0 Å². The molecule has 0 aromatic heterocycles. The lowest BCUT2D eigenvalue weighted by Gasteiger charge is -2.34. The minimum absolute atomic E-state index is 0.0225. The van der Waals surface area contributed by atoms with E-state index in [9.17, 15) is 21.6 Å². The van der Waals surface area contributed by atoms with Crippen molar-refractivity contribution < 1.29 is 21.6 Å². The number of nitrogens with zero attached hydrogens (tertiary/aromatic N) is 3. The molecule has 1 aromatic carbocycles. The van der Waals surface area contributed by atoms with Crippen LogP contribution in [0.2, 0.25) is 0 Å². The van der Waals surface area contributed by atoms with E-state index in [0.717, 1.165) is 19.3 Å². The van der Waals surface area contributed by atoms with Gasteiger partial charge in [-0.3, -0.25) is 4.79 Å². The number of piperidine rings is 1. The molecule has 0 saturated carbocycles. The van der Waals surface area contributed by atoms with Gasteiger partial charge in [-0.05, 0) is 51.0 Å². The van der Waals surface area contributed by atoms with E-state index >= 15 is 0 Å². The Bertz CT molecular complexity index is 937. The fraction of sp³-hybridized carbons (Fsp3) is 0.632. The maximum Gasteiger partial charge on any atom is 0.253 e. The van der Waals surface area contributed by atoms with Crippen molar-refractivity contribution in [2.75, 3.05) is 38.5 Å². The second kappa shape index (κ2) is 8.71. The Morgan fingerprint density at radius 1 is 0.966 bits per heavy atom. The largest absolute Gasteiger partial charge is 0.336 e. The Hall–Kier alpha value is -1.49. The van der Waals surface area contributed by atoms with Gasteiger partial charge in [0.05, 0.1) is 10.6 Å². The zero-order valence-electron chi connectivity index (χ0n) is 17.0. The normalized spacial score (nSPS) is 22.6. The molecular formula is C19H29N3O5S2. The van der Waals surface area contributed by atoms with Crippen LogP contribution in [0.3, 0.4) is 0 Å². The summed E-state index contributed by atoms with van der Waals surface area (Å²) in [6.07, 6.45) is 2.75. The molecule has 2 aliphatic rings. The molecule has 2 saturated heterocycles. The quantitative estimate of drug-likeness (QED) is 0.685. The van der Waals surface area contributed by atoms with Crippen molar-refractivity contribution in [2.24, 2.45) is 0 Å². The number of sulfonamides is 2. The van der Waals surface area contributed by atoms with Gasteiger partial charge in [0.1, 0.15) is 0 Å². The van der Waals surface area contributed by atoms with Crippen molar-refractivity contribution in [2.45, 2.75) is 44.0 Å². The standard InChI is InChI=1S/C19H29N3O5S2/c1-3-28(24,25)21-14-12-20(13-15-21)19(23)17-7-9-18(10-8-17)29(26,27)22-11-5-4-6-16(22)2/h7-10,16H,3-6,11-15H2,1-2H3. The monoisotopic (exact) mass is 443 g/mol. The molecule has 8 nitrogen and oxygen atoms in total. The summed E-state index contributed by atoms with van der Waals surface area (Å²) in [6.45, 7) is 5.25. The first-order valence-electron chi connectivity index (χ1n) is 10.1. The van der Waals surface area contributed by atoms with Crippen molar-refractivity contribution in [1.82, 2.24) is 13.5 Å². The smallest absolute Gasteiger partial charge is 0.253 e. The third-order valence-electron chi connectivity index (χ3n) is 5.73. The molecule has 3 rings (SSSR count). The molecule has 0 aliphatic carbocycles. The summed E-state index contributed by atoms with van der Waals surface area (Å²) in [6, 6.07) is 6.03. The first-order chi connectivity index (χ1) is 13.7. The lowest BCUT2D eigenvalue weighted by Crippen LogP contribution is -2.50. The molecule has 0 bridgehead atoms. The van der Waals surface area contributed by atoms with E-state index in [4.69, 9.17) is 0 Å². The van der Waals surface area contributed by atoms with Crippen molar-refractivity contribution in [3.63, 3.8) is 0 Å². The van der Waals surface area contributed by atoms with Gasteiger partial charge in [0.15, 0.2) is 0 Å². The van der Waals surface area contributed by atoms with Gasteiger partial charge in [0.2, 0.25) is 20.0 Å². The number of carbonyl (C=O) groups excluding carboxylic acids is 1. The second-order valence-corrected chi connectivity index (χ2v) is 11.7. The molecule has 162 valence electrons. The first-order valence-corrected chi connectivity index (χ1v) is 13.1. The van der Waals surface area contributed by atoms with E-state index in [1.807, 2.05) is 6.92 Å². The van der Waals surface area contributed by atoms with Gasteiger partial charge >= 0.3 is 0 Å². The Morgan fingerprint density at radius 2 is 1.59 bits per heavy atom. The van der Waals surface area contributed by atoms with Crippen LogP contribution >= 0.6 is 0 Å². The number of carbonyl (C=O) groups is 1. The van der Waals surface area contributed by atoms with E-state index in [-0.39, 0.29) is 35.7 Å². The van der Waals surface area contributed by atoms with Crippen LogP contribution < -0.4 is 0 Å². The van der Waals surface area contributed by atoms with E-state index in [1.54, 1.807) is 28.3 Å². The van der Waals surface area contributed by atoms with Gasteiger partial charge < -0.3 is 4.90 Å². The molecule has 0 spiro atoms. The van der Waals surface area contributed by atoms with Crippen LogP contribution in [0, 0.1) is 0 Å². The zero-order valence-corrected chi connectivity index (χ0v) is 18.6. The summed E-state index contributed by atoms with van der Waals surface area (Å²) >= 11 is 0. The van der Waals surface area contributed by atoms with Crippen LogP contribution in [-0.4, -0.2) is 80.8 Å². The van der Waals surface area contributed by atoms with E-state index in [2.05, 4.69) is 0 Å². The van der Waals surface area contributed by atoms with Crippen LogP contribution in [0.1, 0.15) is 43.5 Å². The Morgan fingerprint density at radius 3 is 2.14 bits per heavy atom. The summed E-state index contributed by atoms with van der Waals surface area (Å²) in [4.78, 5) is 14.5. The highest BCUT2D eigenvalue weighted by molar-refractivity contribution is 7.89. The highest BCUT2D eigenvalue weighted by atomic mass is 32.2. The van der Waals surface area contributed by atoms with Gasteiger partial charge in [-0.1, -0.05) is 6.42 Å². The SMILES string of the molecule is CCS(=O)(=O)N1CCN(C(=O)c2ccc(S(=O)(=O)N3CCCCC3C)cc2)CC1. The highest BCUT2D eigenvalue weighted by Gasteiger charge is 2.32. The third kappa shape index (κ3) is 4.65. The van der Waals surface area contributed by atoms with E-state index < -0.39 is 20.0 Å². The van der Waals surface area contributed by atoms with Gasteiger partial charge in [-0.25, -0.2) is 16.8 Å². The minimum Gasteiger partial charge on any atom is -0.336 e. The molecule has 1 amide bonds. The molecule has 2 heterocycles. The lowest BCUT2D eigenvalue weighted by molar-refractivity contribution is 0.0698. The summed E-state index contributed by atoms with van der Waals surface area (Å²) in [5.74, 6) is -0.166. The van der Waals surface area contributed by atoms with Gasteiger partial charge in [-0.2, -0.15) is 8.61 Å². The molecule has 0 radical (unpaired) electrons. The lowest BCUT2D eigenvalue weighted by atomic mass is 10.1. The Labute approximate surface area is 173 Å². The number of amides is 1. The predicted molar refractivity (Wildman–Crippen MR) is 111 cm³/mol. The van der Waals surface area contributed by atoms with Gasteiger partial charge in [0, 0.05) is 44.3 Å². The number of hydrogen-bond acceptors (Lipinski definition) is 5. The summed E-state index contributed by atoms with van der Waals surface area (Å²) < 4.78 is 52.7. The molecule has 2 fully saturated rings. The molecule has 0 N–H and O–H groups in total. The van der Waals surface area contributed by atoms with Crippen molar-refractivity contribution in [1.29, 1.82) is 0 Å². The van der Waals surface area contributed by atoms with Crippen LogP contribution in [0.4, 0.5) is 0 Å². The maximum absolute atomic E-state index is 12.9. The van der Waals surface area contributed by atoms with Crippen LogP contribution in [0.25, 0.3) is 0 Å². The van der Waals surface area contributed by atoms with E-state index in [1.165, 1.54) is 16.4 Å². The van der Waals surface area contributed by atoms with E-state index in [0.29, 0.717) is 25.2 Å². The molecule has 2 aliphatic heterocycles. The maximum atomic E-state index is 12.9. The molecule has 1 unspecified atom stereocenters. The number of rotatable bonds is 5. The molecule has 1 aromatic rings. The fourth-order valence-electron chi connectivity index (χ4n) is 3.87. The minimum atomic E-state index is -3.57. The highest BCUT2D eigenvalue weighted by Crippen LogP contribution is 2.25. The van der Waals surface area contributed by atoms with Crippen LogP contribution in [0.15, 0.2) is 29.2 Å². The number of hydrogen-bond donors (Lipinski definition) is 0. The van der Waals surface area contributed by atoms with Crippen molar-refractivity contribution in [3.05, 3.63) is 29.8 Å². The zero-order chi connectivity index (χ0) is 21.2. The number of piperazine rings is 1. The number of benzene rings is 1. The Balaban J connectivity index is 1.68. The average Bonchev–Trinajstić information content (AvgIpc) is 2.73. The predicted octanol–water partition coefficient (Wildman–Crippen LogP) is 1.36.